The van der Waals surface area contributed by atoms with Crippen molar-refractivity contribution in [2.24, 2.45) is 0 Å². The van der Waals surface area contributed by atoms with Crippen molar-refractivity contribution in [2.45, 2.75) is 45.3 Å². The maximum absolute atomic E-state index is 13.1. The summed E-state index contributed by atoms with van der Waals surface area (Å²) < 4.78 is 5.15. The van der Waals surface area contributed by atoms with Gasteiger partial charge in [-0.25, -0.2) is 9.97 Å². The first-order valence-electron chi connectivity index (χ1n) is 11.2. The van der Waals surface area contributed by atoms with Crippen LogP contribution in [-0.2, 0) is 29.1 Å². The maximum atomic E-state index is 13.1. The molecule has 170 valence electrons. The fraction of sp³-hybridized carbons (Fsp3) is 0.500. The van der Waals surface area contributed by atoms with Crippen LogP contribution in [0, 0.1) is 0 Å². The number of hydrogen-bond donors (Lipinski definition) is 1. The molecule has 0 radical (unpaired) electrons. The molecule has 1 atom stereocenters. The van der Waals surface area contributed by atoms with Crippen molar-refractivity contribution in [3.63, 3.8) is 0 Å². The van der Waals surface area contributed by atoms with E-state index < -0.39 is 0 Å². The predicted octanol–water partition coefficient (Wildman–Crippen LogP) is 2.59. The zero-order chi connectivity index (χ0) is 22.7. The summed E-state index contributed by atoms with van der Waals surface area (Å²) in [6.45, 7) is 4.70. The Morgan fingerprint density at radius 2 is 1.94 bits per heavy atom. The van der Waals surface area contributed by atoms with Crippen LogP contribution in [0.4, 0.5) is 5.82 Å². The smallest absolute Gasteiger partial charge is 0.253 e. The molecule has 1 unspecified atom stereocenters. The third kappa shape index (κ3) is 4.60. The summed E-state index contributed by atoms with van der Waals surface area (Å²) in [7, 11) is 3.51. The van der Waals surface area contributed by atoms with Gasteiger partial charge in [-0.3, -0.25) is 9.59 Å². The van der Waals surface area contributed by atoms with Gasteiger partial charge in [0, 0.05) is 64.2 Å². The number of aromatic nitrogens is 2. The lowest BCUT2D eigenvalue weighted by atomic mass is 9.95. The molecule has 8 heteroatoms. The van der Waals surface area contributed by atoms with E-state index in [2.05, 4.69) is 5.32 Å². The van der Waals surface area contributed by atoms with Gasteiger partial charge in [-0.15, -0.1) is 0 Å². The number of nitrogens with zero attached hydrogens (tertiary/aromatic N) is 4. The predicted molar refractivity (Wildman–Crippen MR) is 121 cm³/mol. The number of piperidine rings is 1. The Morgan fingerprint density at radius 3 is 2.62 bits per heavy atom. The number of rotatable bonds is 5. The van der Waals surface area contributed by atoms with Crippen molar-refractivity contribution < 1.29 is 14.3 Å². The Morgan fingerprint density at radius 1 is 1.16 bits per heavy atom. The summed E-state index contributed by atoms with van der Waals surface area (Å²) in [5.74, 6) is 1.79. The van der Waals surface area contributed by atoms with Crippen LogP contribution in [0.2, 0.25) is 0 Å². The molecule has 0 aliphatic carbocycles. The highest BCUT2D eigenvalue weighted by Crippen LogP contribution is 2.30. The third-order valence-electron chi connectivity index (χ3n) is 6.35. The van der Waals surface area contributed by atoms with Gasteiger partial charge in [0.15, 0.2) is 0 Å². The normalized spacial score (nSPS) is 18.3. The second-order valence-electron chi connectivity index (χ2n) is 8.52. The van der Waals surface area contributed by atoms with Crippen LogP contribution in [0.1, 0.15) is 58.7 Å². The van der Waals surface area contributed by atoms with E-state index in [1.165, 1.54) is 0 Å². The van der Waals surface area contributed by atoms with Crippen molar-refractivity contribution in [2.75, 3.05) is 39.1 Å². The Bertz CT molecular complexity index is 975. The highest BCUT2D eigenvalue weighted by molar-refractivity contribution is 5.94. The summed E-state index contributed by atoms with van der Waals surface area (Å²) in [6, 6.07) is 7.62. The highest BCUT2D eigenvalue weighted by Gasteiger charge is 2.30. The van der Waals surface area contributed by atoms with E-state index in [1.807, 2.05) is 41.1 Å². The number of nitrogens with one attached hydrogen (secondary N) is 1. The molecule has 2 amide bonds. The van der Waals surface area contributed by atoms with Gasteiger partial charge in [0.1, 0.15) is 11.6 Å². The van der Waals surface area contributed by atoms with E-state index in [0.717, 1.165) is 54.3 Å². The number of carbonyl (C=O) groups is 2. The van der Waals surface area contributed by atoms with E-state index in [-0.39, 0.29) is 17.7 Å². The number of amides is 2. The van der Waals surface area contributed by atoms with Gasteiger partial charge in [-0.2, -0.15) is 0 Å². The van der Waals surface area contributed by atoms with Crippen molar-refractivity contribution in [1.82, 2.24) is 19.8 Å². The molecule has 2 aromatic rings. The van der Waals surface area contributed by atoms with Crippen LogP contribution in [0.15, 0.2) is 24.3 Å². The first-order valence-corrected chi connectivity index (χ1v) is 11.2. The number of fused-ring (bicyclic) bond motifs is 1. The molecule has 0 bridgehead atoms. The minimum Gasteiger partial charge on any atom is -0.380 e. The number of ether oxygens (including phenoxy) is 1. The Labute approximate surface area is 189 Å². The zero-order valence-corrected chi connectivity index (χ0v) is 19.1. The monoisotopic (exact) mass is 437 g/mol. The van der Waals surface area contributed by atoms with E-state index in [9.17, 15) is 9.59 Å². The summed E-state index contributed by atoms with van der Waals surface area (Å²) in [6.07, 6.45) is 2.60. The number of carbonyl (C=O) groups excluding carboxylic acids is 2. The van der Waals surface area contributed by atoms with Crippen LogP contribution in [0.25, 0.3) is 0 Å². The largest absolute Gasteiger partial charge is 0.380 e. The number of hydrogen-bond acceptors (Lipinski definition) is 6. The molecule has 0 spiro atoms. The molecule has 0 saturated carbocycles. The molecule has 4 rings (SSSR count). The quantitative estimate of drug-likeness (QED) is 0.774. The fourth-order valence-corrected chi connectivity index (χ4v) is 4.56. The molecule has 1 aromatic heterocycles. The van der Waals surface area contributed by atoms with E-state index in [4.69, 9.17) is 14.7 Å². The summed E-state index contributed by atoms with van der Waals surface area (Å²) in [5.41, 5.74) is 3.75. The first-order chi connectivity index (χ1) is 15.5. The second-order valence-corrected chi connectivity index (χ2v) is 8.52. The minimum atomic E-state index is 0.0440. The summed E-state index contributed by atoms with van der Waals surface area (Å²) in [4.78, 5) is 38.4. The average molecular weight is 438 g/mol. The van der Waals surface area contributed by atoms with Crippen LogP contribution in [-0.4, -0.2) is 65.4 Å². The van der Waals surface area contributed by atoms with Crippen molar-refractivity contribution in [1.29, 1.82) is 0 Å². The van der Waals surface area contributed by atoms with E-state index >= 15 is 0 Å². The SMILES string of the molecule is CNc1nc(C2CCCN(C(=O)c3ccc(COC)cc3)C2)nc2c1CN(C(C)=O)CC2. The minimum absolute atomic E-state index is 0.0440. The molecule has 1 fully saturated rings. The Kier molecular flexibility index (Phi) is 6.69. The molecule has 2 aliphatic rings. The molecule has 32 heavy (non-hydrogen) atoms. The van der Waals surface area contributed by atoms with E-state index in [1.54, 1.807) is 14.0 Å². The van der Waals surface area contributed by atoms with Crippen LogP contribution in [0.3, 0.4) is 0 Å². The molecule has 1 saturated heterocycles. The van der Waals surface area contributed by atoms with Gasteiger partial charge in [0.05, 0.1) is 18.8 Å². The topological polar surface area (TPSA) is 87.7 Å². The van der Waals surface area contributed by atoms with Gasteiger partial charge >= 0.3 is 0 Å². The number of anilines is 1. The van der Waals surface area contributed by atoms with Crippen molar-refractivity contribution in [3.8, 4) is 0 Å². The average Bonchev–Trinajstić information content (AvgIpc) is 2.83. The molecule has 2 aliphatic heterocycles. The van der Waals surface area contributed by atoms with Gasteiger partial charge in [-0.05, 0) is 30.5 Å². The molecule has 8 nitrogen and oxygen atoms in total. The van der Waals surface area contributed by atoms with Crippen molar-refractivity contribution in [3.05, 3.63) is 52.5 Å². The molecule has 1 aromatic carbocycles. The van der Waals surface area contributed by atoms with Gasteiger partial charge in [-0.1, -0.05) is 12.1 Å². The molecular formula is C24H31N5O3. The van der Waals surface area contributed by atoms with Gasteiger partial charge in [0.2, 0.25) is 5.91 Å². The van der Waals surface area contributed by atoms with E-state index in [0.29, 0.717) is 31.8 Å². The first kappa shape index (κ1) is 22.2. The zero-order valence-electron chi connectivity index (χ0n) is 19.1. The van der Waals surface area contributed by atoms with Gasteiger partial charge in [0.25, 0.3) is 5.91 Å². The highest BCUT2D eigenvalue weighted by atomic mass is 16.5. The number of methoxy groups -OCH3 is 1. The van der Waals surface area contributed by atoms with Gasteiger partial charge < -0.3 is 19.9 Å². The standard InChI is InChI=1S/C24H31N5O3/c1-16(30)28-12-10-21-20(14-28)23(25-2)27-22(26-21)19-5-4-11-29(13-19)24(31)18-8-6-17(7-9-18)15-32-3/h6-9,19H,4-5,10-15H2,1-3H3,(H,25,26,27). The molecule has 1 N–H and O–H groups in total. The second kappa shape index (κ2) is 9.65. The molecule has 3 heterocycles. The van der Waals surface area contributed by atoms with Crippen molar-refractivity contribution >= 4 is 17.6 Å². The summed E-state index contributed by atoms with van der Waals surface area (Å²) >= 11 is 0. The molecular weight excluding hydrogens is 406 g/mol. The van der Waals surface area contributed by atoms with Crippen LogP contribution < -0.4 is 5.32 Å². The summed E-state index contributed by atoms with van der Waals surface area (Å²) in [5, 5.41) is 3.19. The Hall–Kier alpha value is -3.00. The Balaban J connectivity index is 1.52. The number of likely N-dealkylation sites (tertiary alicyclic amines) is 1. The lowest BCUT2D eigenvalue weighted by Crippen LogP contribution is -2.40. The lowest BCUT2D eigenvalue weighted by molar-refractivity contribution is -0.129. The van der Waals surface area contributed by atoms with Crippen LogP contribution in [0.5, 0.6) is 0 Å². The fourth-order valence-electron chi connectivity index (χ4n) is 4.56. The lowest BCUT2D eigenvalue weighted by Gasteiger charge is -2.33. The maximum Gasteiger partial charge on any atom is 0.253 e. The third-order valence-corrected chi connectivity index (χ3v) is 6.35. The number of benzene rings is 1. The van der Waals surface area contributed by atoms with Crippen LogP contribution >= 0.6 is 0 Å².